The Labute approximate surface area is 191 Å². The fraction of sp³-hybridized carbons (Fsp3) is 0.640. The molecule has 2 aliphatic heterocycles. The number of hydrogen-bond donors (Lipinski definition) is 2. The number of carbonyl (C=O) groups is 3. The molecule has 0 saturated carbocycles. The lowest BCUT2D eigenvalue weighted by Gasteiger charge is -2.31. The van der Waals surface area contributed by atoms with Gasteiger partial charge in [0.25, 0.3) is 0 Å². The van der Waals surface area contributed by atoms with E-state index in [4.69, 9.17) is 0 Å². The van der Waals surface area contributed by atoms with Gasteiger partial charge in [0, 0.05) is 12.5 Å². The number of nitrogens with zero attached hydrogens (tertiary/aromatic N) is 2. The maximum absolute atomic E-state index is 12.5. The second-order valence-corrected chi connectivity index (χ2v) is 9.16. The zero-order valence-electron chi connectivity index (χ0n) is 19.4. The van der Waals surface area contributed by atoms with Crippen LogP contribution in [0.25, 0.3) is 0 Å². The van der Waals surface area contributed by atoms with E-state index in [-0.39, 0.29) is 30.1 Å². The van der Waals surface area contributed by atoms with Gasteiger partial charge < -0.3 is 15.5 Å². The number of hydrogen-bond acceptors (Lipinski definition) is 5. The quantitative estimate of drug-likeness (QED) is 0.509. The van der Waals surface area contributed by atoms with Gasteiger partial charge in [-0.2, -0.15) is 0 Å². The van der Waals surface area contributed by atoms with Crippen molar-refractivity contribution in [3.63, 3.8) is 0 Å². The van der Waals surface area contributed by atoms with Gasteiger partial charge >= 0.3 is 0 Å². The molecule has 176 valence electrons. The van der Waals surface area contributed by atoms with Crippen LogP contribution >= 0.6 is 0 Å². The number of piperidine rings is 1. The minimum absolute atomic E-state index is 0.0316. The van der Waals surface area contributed by atoms with Crippen molar-refractivity contribution >= 4 is 17.6 Å². The van der Waals surface area contributed by atoms with Crippen molar-refractivity contribution in [2.45, 2.75) is 51.5 Å². The third-order valence-corrected chi connectivity index (χ3v) is 6.58. The second kappa shape index (κ2) is 12.7. The molecule has 0 aromatic heterocycles. The van der Waals surface area contributed by atoms with Crippen molar-refractivity contribution in [1.29, 1.82) is 0 Å². The summed E-state index contributed by atoms with van der Waals surface area (Å²) in [6.45, 7) is 7.43. The SMILES string of the molecule is CC(=O)[C@H](Cc1ccccc1)NC(=O)CN1CCC(C(=O)NCCCN2CCCC2)CC1. The molecule has 2 aliphatic rings. The zero-order chi connectivity index (χ0) is 22.8. The van der Waals surface area contributed by atoms with Crippen LogP contribution in [0.2, 0.25) is 0 Å². The molecule has 7 nitrogen and oxygen atoms in total. The summed E-state index contributed by atoms with van der Waals surface area (Å²) in [5.41, 5.74) is 1.03. The van der Waals surface area contributed by atoms with Gasteiger partial charge in [0.05, 0.1) is 12.6 Å². The summed E-state index contributed by atoms with van der Waals surface area (Å²) in [4.78, 5) is 41.5. The highest BCUT2D eigenvalue weighted by atomic mass is 16.2. The normalized spacial score (nSPS) is 18.9. The summed E-state index contributed by atoms with van der Waals surface area (Å²) in [6.07, 6.45) is 5.64. The Morgan fingerprint density at radius 3 is 2.34 bits per heavy atom. The number of likely N-dealkylation sites (tertiary alicyclic amines) is 2. The van der Waals surface area contributed by atoms with E-state index in [0.29, 0.717) is 6.42 Å². The van der Waals surface area contributed by atoms with Crippen LogP contribution < -0.4 is 10.6 Å². The molecule has 2 N–H and O–H groups in total. The Balaban J connectivity index is 1.33. The van der Waals surface area contributed by atoms with Gasteiger partial charge in [0.1, 0.15) is 0 Å². The molecule has 0 aliphatic carbocycles. The molecule has 2 amide bonds. The average molecular weight is 443 g/mol. The number of carbonyl (C=O) groups excluding carboxylic acids is 3. The van der Waals surface area contributed by atoms with E-state index in [1.54, 1.807) is 0 Å². The lowest BCUT2D eigenvalue weighted by atomic mass is 9.96. The molecule has 0 radical (unpaired) electrons. The van der Waals surface area contributed by atoms with Gasteiger partial charge in [-0.15, -0.1) is 0 Å². The maximum Gasteiger partial charge on any atom is 0.234 e. The third kappa shape index (κ3) is 8.02. The first-order chi connectivity index (χ1) is 15.5. The third-order valence-electron chi connectivity index (χ3n) is 6.58. The van der Waals surface area contributed by atoms with E-state index in [0.717, 1.165) is 51.0 Å². The summed E-state index contributed by atoms with van der Waals surface area (Å²) < 4.78 is 0. The maximum atomic E-state index is 12.5. The van der Waals surface area contributed by atoms with Gasteiger partial charge in [-0.3, -0.25) is 19.3 Å². The summed E-state index contributed by atoms with van der Waals surface area (Å²) in [7, 11) is 0. The highest BCUT2D eigenvalue weighted by molar-refractivity contribution is 5.88. The van der Waals surface area contributed by atoms with Crippen LogP contribution in [-0.2, 0) is 20.8 Å². The molecule has 1 aromatic rings. The smallest absolute Gasteiger partial charge is 0.234 e. The van der Waals surface area contributed by atoms with Crippen LogP contribution in [0, 0.1) is 5.92 Å². The summed E-state index contributed by atoms with van der Waals surface area (Å²) in [5, 5.41) is 5.98. The first-order valence-corrected chi connectivity index (χ1v) is 12.1. The molecule has 2 saturated heterocycles. The Morgan fingerprint density at radius 1 is 1.00 bits per heavy atom. The molecule has 0 spiro atoms. The summed E-state index contributed by atoms with van der Waals surface area (Å²) in [6, 6.07) is 9.22. The number of Topliss-reactive ketones (excluding diaryl/α,β-unsaturated/α-hetero) is 1. The van der Waals surface area contributed by atoms with E-state index in [9.17, 15) is 14.4 Å². The number of amides is 2. The number of benzene rings is 1. The van der Waals surface area contributed by atoms with Crippen LogP contribution in [0.1, 0.15) is 44.6 Å². The second-order valence-electron chi connectivity index (χ2n) is 9.16. The van der Waals surface area contributed by atoms with Crippen LogP contribution in [0.5, 0.6) is 0 Å². The molecule has 2 heterocycles. The first-order valence-electron chi connectivity index (χ1n) is 12.1. The number of nitrogens with one attached hydrogen (secondary N) is 2. The summed E-state index contributed by atoms with van der Waals surface area (Å²) in [5.74, 6) is 0.00688. The van der Waals surface area contributed by atoms with Crippen molar-refractivity contribution in [2.75, 3.05) is 45.8 Å². The van der Waals surface area contributed by atoms with Crippen molar-refractivity contribution < 1.29 is 14.4 Å². The minimum Gasteiger partial charge on any atom is -0.356 e. The lowest BCUT2D eigenvalue weighted by molar-refractivity contribution is -0.129. The molecule has 1 atom stereocenters. The summed E-state index contributed by atoms with van der Waals surface area (Å²) >= 11 is 0. The Bertz CT molecular complexity index is 741. The lowest BCUT2D eigenvalue weighted by Crippen LogP contribution is -2.48. The zero-order valence-corrected chi connectivity index (χ0v) is 19.4. The molecule has 0 unspecified atom stereocenters. The van der Waals surface area contributed by atoms with Gasteiger partial charge in [0.2, 0.25) is 11.8 Å². The predicted molar refractivity (Wildman–Crippen MR) is 125 cm³/mol. The average Bonchev–Trinajstić information content (AvgIpc) is 3.31. The Kier molecular flexibility index (Phi) is 9.68. The van der Waals surface area contributed by atoms with Crippen molar-refractivity contribution in [3.05, 3.63) is 35.9 Å². The van der Waals surface area contributed by atoms with Crippen LogP contribution in [0.3, 0.4) is 0 Å². The largest absolute Gasteiger partial charge is 0.356 e. The topological polar surface area (TPSA) is 81.8 Å². The monoisotopic (exact) mass is 442 g/mol. The van der Waals surface area contributed by atoms with Gasteiger partial charge in [0.15, 0.2) is 5.78 Å². The molecule has 32 heavy (non-hydrogen) atoms. The first kappa shape index (κ1) is 24.4. The van der Waals surface area contributed by atoms with Crippen molar-refractivity contribution in [3.8, 4) is 0 Å². The molecule has 2 fully saturated rings. The van der Waals surface area contributed by atoms with E-state index < -0.39 is 6.04 Å². The molecule has 1 aromatic carbocycles. The van der Waals surface area contributed by atoms with Crippen LogP contribution in [0.4, 0.5) is 0 Å². The minimum atomic E-state index is -0.506. The Hall–Kier alpha value is -2.25. The highest BCUT2D eigenvalue weighted by Gasteiger charge is 2.26. The van der Waals surface area contributed by atoms with Gasteiger partial charge in [-0.25, -0.2) is 0 Å². The van der Waals surface area contributed by atoms with Gasteiger partial charge in [-0.05, 0) is 83.7 Å². The molecular weight excluding hydrogens is 404 g/mol. The molecule has 3 rings (SSSR count). The van der Waals surface area contributed by atoms with Crippen molar-refractivity contribution in [1.82, 2.24) is 20.4 Å². The molecule has 7 heteroatoms. The number of rotatable bonds is 11. The molecular formula is C25H38N4O3. The van der Waals surface area contributed by atoms with Crippen LogP contribution in [0.15, 0.2) is 30.3 Å². The predicted octanol–water partition coefficient (Wildman–Crippen LogP) is 1.62. The standard InChI is InChI=1S/C25H38N4O3/c1-20(30)23(18-21-8-3-2-4-9-21)27-24(31)19-29-16-10-22(11-17-29)25(32)26-12-7-15-28-13-5-6-14-28/h2-4,8-9,22-23H,5-7,10-19H2,1H3,(H,26,32)(H,27,31)/t23-/m0/s1. The fourth-order valence-corrected chi connectivity index (χ4v) is 4.61. The van der Waals surface area contributed by atoms with Gasteiger partial charge in [-0.1, -0.05) is 30.3 Å². The van der Waals surface area contributed by atoms with E-state index >= 15 is 0 Å². The van der Waals surface area contributed by atoms with Crippen molar-refractivity contribution in [2.24, 2.45) is 5.92 Å². The van der Waals surface area contributed by atoms with E-state index in [2.05, 4.69) is 20.4 Å². The van der Waals surface area contributed by atoms with Crippen LogP contribution in [-0.4, -0.2) is 79.3 Å². The fourth-order valence-electron chi connectivity index (χ4n) is 4.61. The van der Waals surface area contributed by atoms with E-state index in [1.807, 2.05) is 30.3 Å². The Morgan fingerprint density at radius 2 is 1.69 bits per heavy atom. The molecule has 0 bridgehead atoms. The van der Waals surface area contributed by atoms with E-state index in [1.165, 1.54) is 32.9 Å². The highest BCUT2D eigenvalue weighted by Crippen LogP contribution is 2.17. The number of ketones is 1.